The van der Waals surface area contributed by atoms with Crippen LogP contribution in [-0.2, 0) is 11.3 Å². The van der Waals surface area contributed by atoms with E-state index in [1.165, 1.54) is 25.7 Å². The molecule has 88 valence electrons. The van der Waals surface area contributed by atoms with E-state index in [2.05, 4.69) is 0 Å². The van der Waals surface area contributed by atoms with Gasteiger partial charge in [0.15, 0.2) is 5.82 Å². The molecule has 0 aromatic heterocycles. The molecule has 0 radical (unpaired) electrons. The van der Waals surface area contributed by atoms with Crippen LogP contribution in [0.4, 0.5) is 10.1 Å². The Hall–Kier alpha value is -1.09. The minimum Gasteiger partial charge on any atom is -0.396 e. The van der Waals surface area contributed by atoms with Crippen LogP contribution in [0.2, 0.25) is 0 Å². The molecule has 1 aliphatic carbocycles. The molecule has 2 nitrogen and oxygen atoms in total. The van der Waals surface area contributed by atoms with Gasteiger partial charge in [0.2, 0.25) is 0 Å². The molecule has 0 spiro atoms. The predicted octanol–water partition coefficient (Wildman–Crippen LogP) is 3.11. The SMILES string of the molecule is Nc1cccc(COCC2CCCC2)c1F. The van der Waals surface area contributed by atoms with Gasteiger partial charge in [0.1, 0.15) is 0 Å². The highest BCUT2D eigenvalue weighted by Crippen LogP contribution is 2.25. The molecule has 0 bridgehead atoms. The van der Waals surface area contributed by atoms with Gasteiger partial charge in [0, 0.05) is 12.2 Å². The predicted molar refractivity (Wildman–Crippen MR) is 62.4 cm³/mol. The summed E-state index contributed by atoms with van der Waals surface area (Å²) in [6.45, 7) is 1.07. The van der Waals surface area contributed by atoms with Crippen LogP contribution in [0, 0.1) is 11.7 Å². The standard InChI is InChI=1S/C13H18FNO/c14-13-11(6-3-7-12(13)15)9-16-8-10-4-1-2-5-10/h3,6-7,10H,1-2,4-5,8-9,15H2. The first-order valence-corrected chi connectivity index (χ1v) is 5.88. The van der Waals surface area contributed by atoms with Gasteiger partial charge in [0.05, 0.1) is 12.3 Å². The summed E-state index contributed by atoms with van der Waals surface area (Å²) in [5.74, 6) is 0.332. The van der Waals surface area contributed by atoms with Gasteiger partial charge >= 0.3 is 0 Å². The van der Waals surface area contributed by atoms with Crippen molar-refractivity contribution in [3.05, 3.63) is 29.6 Å². The van der Waals surface area contributed by atoms with Crippen molar-refractivity contribution in [3.8, 4) is 0 Å². The third-order valence-electron chi connectivity index (χ3n) is 3.19. The van der Waals surface area contributed by atoms with Gasteiger partial charge < -0.3 is 10.5 Å². The number of ether oxygens (including phenoxy) is 1. The molecule has 0 unspecified atom stereocenters. The Kier molecular flexibility index (Phi) is 3.78. The summed E-state index contributed by atoms with van der Waals surface area (Å²) in [7, 11) is 0. The van der Waals surface area contributed by atoms with Crippen LogP contribution in [-0.4, -0.2) is 6.61 Å². The van der Waals surface area contributed by atoms with E-state index in [0.717, 1.165) is 6.61 Å². The molecule has 1 aromatic rings. The number of hydrogen-bond acceptors (Lipinski definition) is 2. The third-order valence-corrected chi connectivity index (χ3v) is 3.19. The molecule has 16 heavy (non-hydrogen) atoms. The van der Waals surface area contributed by atoms with Crippen molar-refractivity contribution in [1.29, 1.82) is 0 Å². The number of halogens is 1. The number of rotatable bonds is 4. The van der Waals surface area contributed by atoms with E-state index in [1.54, 1.807) is 18.2 Å². The lowest BCUT2D eigenvalue weighted by molar-refractivity contribution is 0.0870. The topological polar surface area (TPSA) is 35.2 Å². The number of nitrogen functional groups attached to an aromatic ring is 1. The summed E-state index contributed by atoms with van der Waals surface area (Å²) in [5.41, 5.74) is 6.23. The third kappa shape index (κ3) is 2.73. The zero-order chi connectivity index (χ0) is 11.4. The summed E-state index contributed by atoms with van der Waals surface area (Å²) < 4.78 is 19.0. The van der Waals surface area contributed by atoms with E-state index in [4.69, 9.17) is 10.5 Å². The maximum atomic E-state index is 13.5. The monoisotopic (exact) mass is 223 g/mol. The molecule has 0 atom stereocenters. The maximum absolute atomic E-state index is 13.5. The van der Waals surface area contributed by atoms with Crippen LogP contribution < -0.4 is 5.73 Å². The lowest BCUT2D eigenvalue weighted by Gasteiger charge is -2.10. The average Bonchev–Trinajstić information content (AvgIpc) is 2.77. The lowest BCUT2D eigenvalue weighted by atomic mass is 10.1. The van der Waals surface area contributed by atoms with Crippen LogP contribution in [0.3, 0.4) is 0 Å². The molecular formula is C13H18FNO. The molecule has 0 heterocycles. The average molecular weight is 223 g/mol. The van der Waals surface area contributed by atoms with Crippen molar-refractivity contribution < 1.29 is 9.13 Å². The van der Waals surface area contributed by atoms with Crippen molar-refractivity contribution in [1.82, 2.24) is 0 Å². The summed E-state index contributed by atoms with van der Waals surface area (Å²) in [4.78, 5) is 0. The summed E-state index contributed by atoms with van der Waals surface area (Å²) in [6.07, 6.45) is 5.11. The van der Waals surface area contributed by atoms with Crippen LogP contribution in [0.25, 0.3) is 0 Å². The fraction of sp³-hybridized carbons (Fsp3) is 0.538. The molecule has 1 aromatic carbocycles. The van der Waals surface area contributed by atoms with Gasteiger partial charge in [-0.05, 0) is 24.8 Å². The molecule has 2 rings (SSSR count). The molecule has 0 amide bonds. The highest BCUT2D eigenvalue weighted by atomic mass is 19.1. The Labute approximate surface area is 95.6 Å². The minimum atomic E-state index is -0.339. The normalized spacial score (nSPS) is 16.8. The molecule has 1 aliphatic rings. The molecule has 0 aliphatic heterocycles. The van der Waals surface area contributed by atoms with Crippen LogP contribution in [0.5, 0.6) is 0 Å². The first-order chi connectivity index (χ1) is 7.77. The van der Waals surface area contributed by atoms with Crippen molar-refractivity contribution in [3.63, 3.8) is 0 Å². The summed E-state index contributed by atoms with van der Waals surface area (Å²) >= 11 is 0. The van der Waals surface area contributed by atoms with Crippen LogP contribution >= 0.6 is 0 Å². The van der Waals surface area contributed by atoms with Crippen LogP contribution in [0.15, 0.2) is 18.2 Å². The Morgan fingerprint density at radius 3 is 2.81 bits per heavy atom. The van der Waals surface area contributed by atoms with E-state index in [0.29, 0.717) is 18.1 Å². The van der Waals surface area contributed by atoms with Crippen molar-refractivity contribution in [2.45, 2.75) is 32.3 Å². The Morgan fingerprint density at radius 1 is 1.31 bits per heavy atom. The van der Waals surface area contributed by atoms with Crippen LogP contribution in [0.1, 0.15) is 31.2 Å². The minimum absolute atomic E-state index is 0.196. The fourth-order valence-electron chi connectivity index (χ4n) is 2.22. The van der Waals surface area contributed by atoms with Crippen molar-refractivity contribution in [2.24, 2.45) is 5.92 Å². The second-order valence-electron chi connectivity index (χ2n) is 4.49. The van der Waals surface area contributed by atoms with E-state index in [9.17, 15) is 4.39 Å². The van der Waals surface area contributed by atoms with Gasteiger partial charge in [-0.1, -0.05) is 25.0 Å². The van der Waals surface area contributed by atoms with Crippen molar-refractivity contribution in [2.75, 3.05) is 12.3 Å². The number of hydrogen-bond donors (Lipinski definition) is 1. The van der Waals surface area contributed by atoms with Gasteiger partial charge in [0.25, 0.3) is 0 Å². The van der Waals surface area contributed by atoms with Crippen molar-refractivity contribution >= 4 is 5.69 Å². The largest absolute Gasteiger partial charge is 0.396 e. The van der Waals surface area contributed by atoms with E-state index in [-0.39, 0.29) is 11.5 Å². The quantitative estimate of drug-likeness (QED) is 0.796. The number of benzene rings is 1. The zero-order valence-corrected chi connectivity index (χ0v) is 9.42. The first-order valence-electron chi connectivity index (χ1n) is 5.88. The number of nitrogens with two attached hydrogens (primary N) is 1. The van der Waals surface area contributed by atoms with Gasteiger partial charge in [-0.25, -0.2) is 4.39 Å². The Balaban J connectivity index is 1.82. The molecule has 1 fully saturated rings. The molecule has 3 heteroatoms. The zero-order valence-electron chi connectivity index (χ0n) is 9.42. The lowest BCUT2D eigenvalue weighted by Crippen LogP contribution is -2.06. The smallest absolute Gasteiger partial charge is 0.151 e. The van der Waals surface area contributed by atoms with Gasteiger partial charge in [-0.3, -0.25) is 0 Å². The highest BCUT2D eigenvalue weighted by molar-refractivity contribution is 5.42. The molecule has 0 saturated heterocycles. The number of anilines is 1. The fourth-order valence-corrected chi connectivity index (χ4v) is 2.22. The molecule has 1 saturated carbocycles. The summed E-state index contributed by atoms with van der Waals surface area (Å²) in [6, 6.07) is 5.04. The Bertz CT molecular complexity index is 348. The second-order valence-corrected chi connectivity index (χ2v) is 4.49. The first kappa shape index (κ1) is 11.4. The Morgan fingerprint density at radius 2 is 2.06 bits per heavy atom. The van der Waals surface area contributed by atoms with E-state index >= 15 is 0 Å². The van der Waals surface area contributed by atoms with Gasteiger partial charge in [-0.2, -0.15) is 0 Å². The second kappa shape index (κ2) is 5.30. The van der Waals surface area contributed by atoms with E-state index in [1.807, 2.05) is 0 Å². The molecule has 2 N–H and O–H groups in total. The summed E-state index contributed by atoms with van der Waals surface area (Å²) in [5, 5.41) is 0. The highest BCUT2D eigenvalue weighted by Gasteiger charge is 2.15. The maximum Gasteiger partial charge on any atom is 0.151 e. The van der Waals surface area contributed by atoms with E-state index < -0.39 is 0 Å². The van der Waals surface area contributed by atoms with Gasteiger partial charge in [-0.15, -0.1) is 0 Å². The molecular weight excluding hydrogens is 205 g/mol.